The highest BCUT2D eigenvalue weighted by Gasteiger charge is 2.38. The van der Waals surface area contributed by atoms with Crippen LogP contribution in [0.4, 0.5) is 26.3 Å². The van der Waals surface area contributed by atoms with Crippen LogP contribution in [0.1, 0.15) is 56.6 Å². The van der Waals surface area contributed by atoms with Crippen molar-refractivity contribution in [3.63, 3.8) is 0 Å². The molecule has 36 heavy (non-hydrogen) atoms. The minimum Gasteiger partial charge on any atom is -0.466 e. The molecular weight excluding hydrogens is 482 g/mol. The fraction of sp³-hybridized carbons (Fsp3) is 0.393. The quantitative estimate of drug-likeness (QED) is 0.294. The third kappa shape index (κ3) is 5.37. The van der Waals surface area contributed by atoms with Gasteiger partial charge in [0.15, 0.2) is 0 Å². The third-order valence-corrected chi connectivity index (χ3v) is 7.13. The zero-order valence-corrected chi connectivity index (χ0v) is 19.7. The largest absolute Gasteiger partial charge is 0.466 e. The van der Waals surface area contributed by atoms with E-state index in [1.807, 2.05) is 0 Å². The molecule has 2 unspecified atom stereocenters. The Kier molecular flexibility index (Phi) is 7.91. The Morgan fingerprint density at radius 2 is 1.17 bits per heavy atom. The highest BCUT2D eigenvalue weighted by atomic mass is 19.2. The summed E-state index contributed by atoms with van der Waals surface area (Å²) in [5, 5.41) is 0. The number of halogens is 6. The number of ether oxygens (including phenoxy) is 1. The average molecular weight is 509 g/mol. The van der Waals surface area contributed by atoms with E-state index >= 15 is 0 Å². The van der Waals surface area contributed by atoms with Gasteiger partial charge in [-0.3, -0.25) is 4.79 Å². The lowest BCUT2D eigenvalue weighted by Crippen LogP contribution is -2.34. The summed E-state index contributed by atoms with van der Waals surface area (Å²) in [5.41, 5.74) is 0.348. The summed E-state index contributed by atoms with van der Waals surface area (Å²) in [5.74, 6) is -7.04. The smallest absolute Gasteiger partial charge is 0.309 e. The van der Waals surface area contributed by atoms with Gasteiger partial charge in [-0.25, -0.2) is 26.3 Å². The minimum absolute atomic E-state index is 0.154. The van der Waals surface area contributed by atoms with Gasteiger partial charge in [-0.05, 0) is 68.4 Å². The molecule has 0 fully saturated rings. The molecule has 0 N–H and O–H groups in total. The molecule has 0 saturated carbocycles. The van der Waals surface area contributed by atoms with E-state index in [9.17, 15) is 31.1 Å². The first-order valence-corrected chi connectivity index (χ1v) is 12.0. The maximum Gasteiger partial charge on any atom is 0.309 e. The van der Waals surface area contributed by atoms with Crippen LogP contribution >= 0.6 is 0 Å². The normalized spacial score (nSPS) is 21.0. The van der Waals surface area contributed by atoms with Gasteiger partial charge in [0.1, 0.15) is 34.9 Å². The number of carbonyl (C=O) groups is 1. The Morgan fingerprint density at radius 3 is 1.47 bits per heavy atom. The van der Waals surface area contributed by atoms with E-state index in [2.05, 4.69) is 0 Å². The van der Waals surface area contributed by atoms with Crippen LogP contribution in [0.5, 0.6) is 0 Å². The molecule has 0 saturated heterocycles. The van der Waals surface area contributed by atoms with Crippen molar-refractivity contribution in [2.75, 3.05) is 6.61 Å². The van der Waals surface area contributed by atoms with Crippen LogP contribution in [-0.4, -0.2) is 12.6 Å². The Labute approximate surface area is 205 Å². The highest BCUT2D eigenvalue weighted by molar-refractivity contribution is 5.75. The van der Waals surface area contributed by atoms with E-state index in [0.29, 0.717) is 73.9 Å². The third-order valence-electron chi connectivity index (χ3n) is 7.13. The number of hydrogen-bond acceptors (Lipinski definition) is 2. The van der Waals surface area contributed by atoms with Crippen molar-refractivity contribution in [3.05, 3.63) is 82.4 Å². The fourth-order valence-electron chi connectivity index (χ4n) is 5.52. The second kappa shape index (κ2) is 10.9. The van der Waals surface area contributed by atoms with Gasteiger partial charge < -0.3 is 4.74 Å². The highest BCUT2D eigenvalue weighted by Crippen LogP contribution is 2.44. The monoisotopic (exact) mass is 508 g/mol. The molecule has 0 amide bonds. The number of allylic oxidation sites excluding steroid dienone is 4. The van der Waals surface area contributed by atoms with E-state index in [4.69, 9.17) is 4.74 Å². The molecule has 0 bridgehead atoms. The van der Waals surface area contributed by atoms with E-state index in [1.54, 1.807) is 19.1 Å². The molecule has 192 valence electrons. The van der Waals surface area contributed by atoms with Crippen LogP contribution in [0, 0.1) is 52.7 Å². The van der Waals surface area contributed by atoms with Gasteiger partial charge in [0.25, 0.3) is 0 Å². The molecule has 8 heteroatoms. The van der Waals surface area contributed by atoms with Crippen molar-refractivity contribution < 1.29 is 35.9 Å². The van der Waals surface area contributed by atoms with Gasteiger partial charge in [0.05, 0.1) is 12.5 Å². The SMILES string of the molecule is CCOC(=O)C(C1CC=C(c2c(F)cc(F)cc2F)CC1)C1CC=C(c2c(F)cc(F)cc2F)CC1. The minimum atomic E-state index is -0.990. The molecule has 0 heterocycles. The van der Waals surface area contributed by atoms with Gasteiger partial charge in [0, 0.05) is 35.4 Å². The average Bonchev–Trinajstić information content (AvgIpc) is 2.80. The van der Waals surface area contributed by atoms with Crippen LogP contribution in [0.25, 0.3) is 11.1 Å². The van der Waals surface area contributed by atoms with Crippen molar-refractivity contribution in [1.82, 2.24) is 0 Å². The molecule has 0 radical (unpaired) electrons. The fourth-order valence-corrected chi connectivity index (χ4v) is 5.52. The number of benzene rings is 2. The molecule has 2 aromatic rings. The molecule has 4 rings (SSSR count). The topological polar surface area (TPSA) is 26.3 Å². The summed E-state index contributed by atoms with van der Waals surface area (Å²) in [6.07, 6.45) is 5.69. The van der Waals surface area contributed by atoms with Crippen LogP contribution in [0.3, 0.4) is 0 Å². The standard InChI is InChI=1S/C28H26F6O2/c1-2-36-28(35)25(15-3-7-17(8-4-15)26-21(31)11-19(29)12-22(26)32)16-5-9-18(10-6-16)27-23(33)13-20(30)14-24(27)34/h7,9,11-16,25H,2-6,8,10H2,1H3. The molecule has 0 aromatic heterocycles. The lowest BCUT2D eigenvalue weighted by atomic mass is 9.69. The van der Waals surface area contributed by atoms with Crippen molar-refractivity contribution in [1.29, 1.82) is 0 Å². The van der Waals surface area contributed by atoms with Gasteiger partial charge in [-0.15, -0.1) is 0 Å². The summed E-state index contributed by atoms with van der Waals surface area (Å²) < 4.78 is 88.9. The number of rotatable bonds is 6. The Bertz CT molecular complexity index is 1090. The molecule has 2 atom stereocenters. The zero-order valence-electron chi connectivity index (χ0n) is 19.7. The molecule has 2 aliphatic carbocycles. The molecule has 0 aliphatic heterocycles. The van der Waals surface area contributed by atoms with Crippen LogP contribution in [0.15, 0.2) is 36.4 Å². The predicted molar refractivity (Wildman–Crippen MR) is 123 cm³/mol. The molecule has 0 spiro atoms. The second-order valence-corrected chi connectivity index (χ2v) is 9.29. The maximum atomic E-state index is 14.3. The number of carbonyl (C=O) groups excluding carboxylic acids is 1. The van der Waals surface area contributed by atoms with Crippen molar-refractivity contribution in [2.45, 2.75) is 45.4 Å². The number of hydrogen-bond donors (Lipinski definition) is 0. The predicted octanol–water partition coefficient (Wildman–Crippen LogP) is 7.77. The second-order valence-electron chi connectivity index (χ2n) is 9.29. The summed E-state index contributed by atoms with van der Waals surface area (Å²) in [4.78, 5) is 12.9. The lowest BCUT2D eigenvalue weighted by Gasteiger charge is -2.35. The molecular formula is C28H26F6O2. The van der Waals surface area contributed by atoms with E-state index in [-0.39, 0.29) is 35.5 Å². The maximum absolute atomic E-state index is 14.3. The van der Waals surface area contributed by atoms with Gasteiger partial charge in [-0.1, -0.05) is 12.2 Å². The first-order valence-electron chi connectivity index (χ1n) is 12.0. The van der Waals surface area contributed by atoms with Crippen molar-refractivity contribution >= 4 is 17.1 Å². The number of esters is 1. The molecule has 2 aliphatic rings. The summed E-state index contributed by atoms with van der Waals surface area (Å²) in [6, 6.07) is 2.58. The van der Waals surface area contributed by atoms with E-state index < -0.39 is 40.8 Å². The van der Waals surface area contributed by atoms with E-state index in [1.165, 1.54) is 0 Å². The van der Waals surface area contributed by atoms with Gasteiger partial charge in [-0.2, -0.15) is 0 Å². The lowest BCUT2D eigenvalue weighted by molar-refractivity contribution is -0.152. The van der Waals surface area contributed by atoms with E-state index in [0.717, 1.165) is 0 Å². The summed E-state index contributed by atoms with van der Waals surface area (Å²) >= 11 is 0. The van der Waals surface area contributed by atoms with Crippen LogP contribution < -0.4 is 0 Å². The van der Waals surface area contributed by atoms with Gasteiger partial charge >= 0.3 is 5.97 Å². The zero-order chi connectivity index (χ0) is 26.0. The Balaban J connectivity index is 1.55. The van der Waals surface area contributed by atoms with Crippen LogP contribution in [0.2, 0.25) is 0 Å². The first kappa shape index (κ1) is 26.0. The Morgan fingerprint density at radius 1 is 0.778 bits per heavy atom. The van der Waals surface area contributed by atoms with Crippen molar-refractivity contribution in [3.8, 4) is 0 Å². The molecule has 2 nitrogen and oxygen atoms in total. The van der Waals surface area contributed by atoms with Crippen LogP contribution in [-0.2, 0) is 9.53 Å². The van der Waals surface area contributed by atoms with Crippen molar-refractivity contribution in [2.24, 2.45) is 17.8 Å². The van der Waals surface area contributed by atoms with Gasteiger partial charge in [0.2, 0.25) is 0 Å². The Hall–Kier alpha value is -3.03. The summed E-state index contributed by atoms with van der Waals surface area (Å²) in [7, 11) is 0. The first-order chi connectivity index (χ1) is 17.2. The molecule has 2 aromatic carbocycles. The summed E-state index contributed by atoms with van der Waals surface area (Å²) in [6.45, 7) is 1.89.